The number of pyridine rings is 1. The lowest BCUT2D eigenvalue weighted by Crippen LogP contribution is -2.56. The minimum atomic E-state index is -3.50. The lowest BCUT2D eigenvalue weighted by molar-refractivity contribution is 0.117. The average Bonchev–Trinajstić information content (AvgIpc) is 3.12. The maximum absolute atomic E-state index is 13.1. The third kappa shape index (κ3) is 2.07. The van der Waals surface area contributed by atoms with Crippen molar-refractivity contribution in [2.24, 2.45) is 0 Å². The van der Waals surface area contributed by atoms with Gasteiger partial charge in [0.2, 0.25) is 10.0 Å². The number of nitrogens with one attached hydrogen (secondary N) is 1. The van der Waals surface area contributed by atoms with Gasteiger partial charge in [-0.05, 0) is 38.4 Å². The van der Waals surface area contributed by atoms with Crippen molar-refractivity contribution in [3.8, 4) is 0 Å². The van der Waals surface area contributed by atoms with E-state index in [0.29, 0.717) is 28.5 Å². The molecular weight excluding hydrogens is 300 g/mol. The van der Waals surface area contributed by atoms with Crippen molar-refractivity contribution < 1.29 is 8.42 Å². The number of fused-ring (bicyclic) bond motifs is 2. The number of hydrogen-bond donors (Lipinski definition) is 1. The van der Waals surface area contributed by atoms with Crippen LogP contribution in [0.25, 0.3) is 11.0 Å². The molecule has 0 aromatic carbocycles. The summed E-state index contributed by atoms with van der Waals surface area (Å²) in [5, 5.41) is 0.670. The molecule has 0 amide bonds. The second-order valence-electron chi connectivity index (χ2n) is 6.27. The SMILES string of the molecule is C[C@@H]1CN2CCC[C@H]2CN1S(=O)(=O)c1c[nH]c2ncccc12. The summed E-state index contributed by atoms with van der Waals surface area (Å²) in [7, 11) is -3.50. The Morgan fingerprint density at radius 1 is 1.36 bits per heavy atom. The number of hydrogen-bond acceptors (Lipinski definition) is 4. The Bertz CT molecular complexity index is 801. The van der Waals surface area contributed by atoms with E-state index in [1.807, 2.05) is 13.0 Å². The van der Waals surface area contributed by atoms with Crippen molar-refractivity contribution in [2.75, 3.05) is 19.6 Å². The van der Waals surface area contributed by atoms with Gasteiger partial charge in [0.05, 0.1) is 0 Å². The fraction of sp³-hybridized carbons (Fsp3) is 0.533. The highest BCUT2D eigenvalue weighted by molar-refractivity contribution is 7.89. The fourth-order valence-electron chi connectivity index (χ4n) is 3.77. The first-order valence-corrected chi connectivity index (χ1v) is 9.19. The Morgan fingerprint density at radius 2 is 2.23 bits per heavy atom. The molecule has 0 bridgehead atoms. The summed E-state index contributed by atoms with van der Waals surface area (Å²) < 4.78 is 27.9. The summed E-state index contributed by atoms with van der Waals surface area (Å²) in [6.45, 7) is 4.51. The van der Waals surface area contributed by atoms with Crippen LogP contribution in [0.3, 0.4) is 0 Å². The summed E-state index contributed by atoms with van der Waals surface area (Å²) in [6, 6.07) is 3.95. The second kappa shape index (κ2) is 5.04. The first-order valence-electron chi connectivity index (χ1n) is 7.75. The van der Waals surface area contributed by atoms with E-state index in [1.165, 1.54) is 6.42 Å². The van der Waals surface area contributed by atoms with Crippen LogP contribution in [0, 0.1) is 0 Å². The Morgan fingerprint density at radius 3 is 3.09 bits per heavy atom. The Hall–Kier alpha value is -1.44. The van der Waals surface area contributed by atoms with Crippen LogP contribution < -0.4 is 0 Å². The molecule has 2 aliphatic rings. The highest BCUT2D eigenvalue weighted by Crippen LogP contribution is 2.31. The van der Waals surface area contributed by atoms with Crippen LogP contribution in [0.4, 0.5) is 0 Å². The molecule has 0 saturated carbocycles. The maximum atomic E-state index is 13.1. The van der Waals surface area contributed by atoms with Crippen LogP contribution in [0.1, 0.15) is 19.8 Å². The van der Waals surface area contributed by atoms with Gasteiger partial charge in [-0.1, -0.05) is 0 Å². The molecule has 7 heteroatoms. The minimum absolute atomic E-state index is 0.000899. The van der Waals surface area contributed by atoms with E-state index in [4.69, 9.17) is 0 Å². The summed E-state index contributed by atoms with van der Waals surface area (Å²) in [5.74, 6) is 0. The lowest BCUT2D eigenvalue weighted by atomic mass is 10.1. The topological polar surface area (TPSA) is 69.3 Å². The third-order valence-corrected chi connectivity index (χ3v) is 6.90. The van der Waals surface area contributed by atoms with Crippen LogP contribution in [0.2, 0.25) is 0 Å². The molecule has 2 fully saturated rings. The molecule has 0 unspecified atom stereocenters. The predicted molar refractivity (Wildman–Crippen MR) is 84.0 cm³/mol. The van der Waals surface area contributed by atoms with Crippen molar-refractivity contribution in [1.29, 1.82) is 0 Å². The van der Waals surface area contributed by atoms with Gasteiger partial charge in [-0.3, -0.25) is 4.90 Å². The molecule has 2 atom stereocenters. The third-order valence-electron chi connectivity index (χ3n) is 4.88. The molecule has 2 aromatic heterocycles. The van der Waals surface area contributed by atoms with Crippen molar-refractivity contribution >= 4 is 21.1 Å². The normalized spacial score (nSPS) is 27.3. The van der Waals surface area contributed by atoms with Crippen LogP contribution in [0.5, 0.6) is 0 Å². The molecular formula is C15H20N4O2S. The van der Waals surface area contributed by atoms with Gasteiger partial charge in [0.1, 0.15) is 10.5 Å². The van der Waals surface area contributed by atoms with Crippen LogP contribution >= 0.6 is 0 Å². The molecule has 0 aliphatic carbocycles. The molecule has 2 aromatic rings. The summed E-state index contributed by atoms with van der Waals surface area (Å²) in [5.41, 5.74) is 0.619. The Balaban J connectivity index is 1.74. The standard InChI is InChI=1S/C15H20N4O2S/c1-11-9-18-7-3-4-12(18)10-19(11)22(20,21)14-8-17-15-13(14)5-2-6-16-15/h2,5-6,8,11-12H,3-4,7,9-10H2,1H3,(H,16,17)/t11-,12+/m1/s1. The number of aromatic amines is 1. The molecule has 6 nitrogen and oxygen atoms in total. The number of aromatic nitrogens is 2. The second-order valence-corrected chi connectivity index (χ2v) is 8.13. The van der Waals surface area contributed by atoms with Gasteiger partial charge in [-0.2, -0.15) is 4.31 Å². The monoisotopic (exact) mass is 320 g/mol. The molecule has 2 saturated heterocycles. The molecule has 22 heavy (non-hydrogen) atoms. The number of nitrogens with zero attached hydrogens (tertiary/aromatic N) is 3. The largest absolute Gasteiger partial charge is 0.345 e. The zero-order valence-electron chi connectivity index (χ0n) is 12.6. The van der Waals surface area contributed by atoms with E-state index in [0.717, 1.165) is 19.5 Å². The average molecular weight is 320 g/mol. The fourth-order valence-corrected chi connectivity index (χ4v) is 5.58. The van der Waals surface area contributed by atoms with Gasteiger partial charge in [-0.25, -0.2) is 13.4 Å². The highest BCUT2D eigenvalue weighted by Gasteiger charge is 2.40. The maximum Gasteiger partial charge on any atom is 0.245 e. The Labute approximate surface area is 130 Å². The summed E-state index contributed by atoms with van der Waals surface area (Å²) >= 11 is 0. The molecule has 0 spiro atoms. The molecule has 118 valence electrons. The predicted octanol–water partition coefficient (Wildman–Crippen LogP) is 1.42. The molecule has 2 aliphatic heterocycles. The van der Waals surface area contributed by atoms with Crippen molar-refractivity contribution in [3.63, 3.8) is 0 Å². The summed E-state index contributed by atoms with van der Waals surface area (Å²) in [4.78, 5) is 9.92. The van der Waals surface area contributed by atoms with E-state index in [9.17, 15) is 8.42 Å². The highest BCUT2D eigenvalue weighted by atomic mass is 32.2. The van der Waals surface area contributed by atoms with Crippen LogP contribution in [-0.4, -0.2) is 59.3 Å². The number of piperazine rings is 1. The van der Waals surface area contributed by atoms with Gasteiger partial charge in [0.25, 0.3) is 0 Å². The van der Waals surface area contributed by atoms with Crippen LogP contribution in [-0.2, 0) is 10.0 Å². The first-order chi connectivity index (χ1) is 10.6. The lowest BCUT2D eigenvalue weighted by Gasteiger charge is -2.41. The molecule has 4 heterocycles. The minimum Gasteiger partial charge on any atom is -0.345 e. The molecule has 1 N–H and O–H groups in total. The number of H-pyrrole nitrogens is 1. The van der Waals surface area contributed by atoms with Gasteiger partial charge in [0, 0.05) is 43.0 Å². The van der Waals surface area contributed by atoms with Crippen molar-refractivity contribution in [1.82, 2.24) is 19.2 Å². The van der Waals surface area contributed by atoms with Gasteiger partial charge < -0.3 is 4.98 Å². The van der Waals surface area contributed by atoms with Crippen LogP contribution in [0.15, 0.2) is 29.4 Å². The van der Waals surface area contributed by atoms with Gasteiger partial charge in [0.15, 0.2) is 0 Å². The van der Waals surface area contributed by atoms with Gasteiger partial charge in [-0.15, -0.1) is 0 Å². The van der Waals surface area contributed by atoms with E-state index in [-0.39, 0.29) is 6.04 Å². The van der Waals surface area contributed by atoms with E-state index in [1.54, 1.807) is 22.8 Å². The van der Waals surface area contributed by atoms with E-state index < -0.39 is 10.0 Å². The zero-order chi connectivity index (χ0) is 15.3. The number of sulfonamides is 1. The first kappa shape index (κ1) is 14.2. The molecule has 4 rings (SSSR count). The van der Waals surface area contributed by atoms with Crippen molar-refractivity contribution in [3.05, 3.63) is 24.5 Å². The number of rotatable bonds is 2. The quantitative estimate of drug-likeness (QED) is 0.908. The Kier molecular flexibility index (Phi) is 3.25. The van der Waals surface area contributed by atoms with Crippen molar-refractivity contribution in [2.45, 2.75) is 36.7 Å². The van der Waals surface area contributed by atoms with E-state index in [2.05, 4.69) is 14.9 Å². The van der Waals surface area contributed by atoms with E-state index >= 15 is 0 Å². The zero-order valence-corrected chi connectivity index (χ0v) is 13.4. The smallest absolute Gasteiger partial charge is 0.245 e. The van der Waals surface area contributed by atoms with Gasteiger partial charge >= 0.3 is 0 Å². The summed E-state index contributed by atoms with van der Waals surface area (Å²) in [6.07, 6.45) is 5.49. The molecule has 0 radical (unpaired) electrons.